The fourth-order valence-electron chi connectivity index (χ4n) is 2.66. The van der Waals surface area contributed by atoms with Gasteiger partial charge in [-0.15, -0.1) is 6.58 Å². The van der Waals surface area contributed by atoms with Gasteiger partial charge in [0.15, 0.2) is 0 Å². The molecule has 0 spiro atoms. The summed E-state index contributed by atoms with van der Waals surface area (Å²) in [4.78, 5) is 0. The molecule has 0 aromatic carbocycles. The minimum Gasteiger partial charge on any atom is -0.330 e. The third-order valence-corrected chi connectivity index (χ3v) is 3.65. The Bertz CT molecular complexity index is 186. The van der Waals surface area contributed by atoms with Gasteiger partial charge in [-0.3, -0.25) is 0 Å². The summed E-state index contributed by atoms with van der Waals surface area (Å²) in [5, 5.41) is 0. The van der Waals surface area contributed by atoms with Crippen molar-refractivity contribution in [2.24, 2.45) is 23.5 Å². The van der Waals surface area contributed by atoms with Gasteiger partial charge in [0.25, 0.3) is 0 Å². The quantitative estimate of drug-likeness (QED) is 0.684. The van der Waals surface area contributed by atoms with Crippen LogP contribution < -0.4 is 5.73 Å². The molecular formula is C13H25N. The third kappa shape index (κ3) is 3.45. The highest BCUT2D eigenvalue weighted by molar-refractivity contribution is 4.90. The van der Waals surface area contributed by atoms with Crippen molar-refractivity contribution in [1.82, 2.24) is 0 Å². The molecule has 0 amide bonds. The van der Waals surface area contributed by atoms with Crippen molar-refractivity contribution in [2.75, 3.05) is 6.54 Å². The summed E-state index contributed by atoms with van der Waals surface area (Å²) in [7, 11) is 0. The molecule has 3 atom stereocenters. The van der Waals surface area contributed by atoms with Crippen molar-refractivity contribution in [3.63, 3.8) is 0 Å². The van der Waals surface area contributed by atoms with Gasteiger partial charge in [-0.2, -0.15) is 0 Å². The van der Waals surface area contributed by atoms with E-state index < -0.39 is 0 Å². The van der Waals surface area contributed by atoms with Crippen LogP contribution in [0.3, 0.4) is 0 Å². The van der Waals surface area contributed by atoms with Gasteiger partial charge in [0.1, 0.15) is 0 Å². The van der Waals surface area contributed by atoms with Crippen molar-refractivity contribution < 1.29 is 0 Å². The molecule has 0 radical (unpaired) electrons. The molecule has 0 saturated heterocycles. The molecule has 82 valence electrons. The molecule has 0 bridgehead atoms. The predicted octanol–water partition coefficient (Wildman–Crippen LogP) is 3.35. The highest BCUT2D eigenvalue weighted by Gasteiger charge is 2.26. The Morgan fingerprint density at radius 1 is 1.36 bits per heavy atom. The highest BCUT2D eigenvalue weighted by atomic mass is 14.6. The zero-order valence-electron chi connectivity index (χ0n) is 9.76. The fraction of sp³-hybridized carbons (Fsp3) is 0.846. The Morgan fingerprint density at radius 2 is 2.07 bits per heavy atom. The zero-order valence-corrected chi connectivity index (χ0v) is 9.76. The summed E-state index contributed by atoms with van der Waals surface area (Å²) in [6.45, 7) is 9.36. The molecule has 1 rings (SSSR count). The molecule has 0 aliphatic heterocycles. The minimum atomic E-state index is 0.783. The second-order valence-electron chi connectivity index (χ2n) is 5.17. The van der Waals surface area contributed by atoms with E-state index in [4.69, 9.17) is 5.73 Å². The van der Waals surface area contributed by atoms with E-state index in [0.29, 0.717) is 0 Å². The average Bonchev–Trinajstić information content (AvgIpc) is 2.15. The van der Waals surface area contributed by atoms with Crippen molar-refractivity contribution in [1.29, 1.82) is 0 Å². The largest absolute Gasteiger partial charge is 0.330 e. The standard InChI is InChI=1S/C13H25N/c1-10(2)4-6-12-8-11(3)5-7-13(12)9-14/h11-13H,1,4-9,14H2,2-3H3. The summed E-state index contributed by atoms with van der Waals surface area (Å²) >= 11 is 0. The number of hydrogen-bond donors (Lipinski definition) is 1. The maximum absolute atomic E-state index is 5.82. The minimum absolute atomic E-state index is 0.783. The molecule has 1 nitrogen and oxygen atoms in total. The van der Waals surface area contributed by atoms with Crippen LogP contribution in [0.5, 0.6) is 0 Å². The molecule has 1 aliphatic rings. The Kier molecular flexibility index (Phi) is 4.67. The SMILES string of the molecule is C=C(C)CCC1CC(C)CCC1CN. The van der Waals surface area contributed by atoms with Crippen LogP contribution in [-0.2, 0) is 0 Å². The summed E-state index contributed by atoms with van der Waals surface area (Å²) in [5.41, 5.74) is 7.14. The molecule has 1 heteroatoms. The lowest BCUT2D eigenvalue weighted by Crippen LogP contribution is -2.29. The number of nitrogens with two attached hydrogens (primary N) is 1. The molecule has 1 aliphatic carbocycles. The van der Waals surface area contributed by atoms with Crippen LogP contribution in [0.4, 0.5) is 0 Å². The predicted molar refractivity (Wildman–Crippen MR) is 63.1 cm³/mol. The van der Waals surface area contributed by atoms with E-state index in [1.165, 1.54) is 37.7 Å². The maximum Gasteiger partial charge on any atom is -0.00462 e. The summed E-state index contributed by atoms with van der Waals surface area (Å²) in [5.74, 6) is 2.55. The zero-order chi connectivity index (χ0) is 10.6. The first-order valence-corrected chi connectivity index (χ1v) is 5.98. The molecule has 2 N–H and O–H groups in total. The highest BCUT2D eigenvalue weighted by Crippen LogP contribution is 2.36. The summed E-state index contributed by atoms with van der Waals surface area (Å²) in [6.07, 6.45) is 6.61. The van der Waals surface area contributed by atoms with Crippen LogP contribution in [0, 0.1) is 17.8 Å². The Hall–Kier alpha value is -0.300. The van der Waals surface area contributed by atoms with E-state index in [2.05, 4.69) is 20.4 Å². The molecule has 3 unspecified atom stereocenters. The molecule has 0 aromatic rings. The van der Waals surface area contributed by atoms with Crippen LogP contribution in [0.1, 0.15) is 46.0 Å². The fourth-order valence-corrected chi connectivity index (χ4v) is 2.66. The van der Waals surface area contributed by atoms with Gasteiger partial charge < -0.3 is 5.73 Å². The maximum atomic E-state index is 5.82. The van der Waals surface area contributed by atoms with Crippen molar-refractivity contribution in [2.45, 2.75) is 46.0 Å². The van der Waals surface area contributed by atoms with Gasteiger partial charge in [-0.05, 0) is 56.9 Å². The first-order valence-electron chi connectivity index (χ1n) is 5.98. The first kappa shape index (κ1) is 11.8. The lowest BCUT2D eigenvalue weighted by molar-refractivity contribution is 0.184. The molecule has 14 heavy (non-hydrogen) atoms. The van der Waals surface area contributed by atoms with Gasteiger partial charge >= 0.3 is 0 Å². The molecule has 0 heterocycles. The smallest absolute Gasteiger partial charge is 0.00462 e. The van der Waals surface area contributed by atoms with Crippen molar-refractivity contribution in [3.05, 3.63) is 12.2 Å². The molecule has 1 saturated carbocycles. The lowest BCUT2D eigenvalue weighted by Gasteiger charge is -2.34. The Balaban J connectivity index is 2.40. The van der Waals surface area contributed by atoms with Gasteiger partial charge in [0.05, 0.1) is 0 Å². The Labute approximate surface area is 88.8 Å². The molecular weight excluding hydrogens is 170 g/mol. The molecule has 1 fully saturated rings. The van der Waals surface area contributed by atoms with Crippen LogP contribution in [0.2, 0.25) is 0 Å². The van der Waals surface area contributed by atoms with E-state index >= 15 is 0 Å². The van der Waals surface area contributed by atoms with Crippen molar-refractivity contribution in [3.8, 4) is 0 Å². The third-order valence-electron chi connectivity index (χ3n) is 3.65. The monoisotopic (exact) mass is 195 g/mol. The second-order valence-corrected chi connectivity index (χ2v) is 5.17. The van der Waals surface area contributed by atoms with Gasteiger partial charge in [0.2, 0.25) is 0 Å². The van der Waals surface area contributed by atoms with E-state index in [0.717, 1.165) is 24.3 Å². The van der Waals surface area contributed by atoms with E-state index in [1.807, 2.05) is 0 Å². The van der Waals surface area contributed by atoms with Gasteiger partial charge in [-0.25, -0.2) is 0 Å². The van der Waals surface area contributed by atoms with Gasteiger partial charge in [-0.1, -0.05) is 18.9 Å². The number of hydrogen-bond acceptors (Lipinski definition) is 1. The molecule has 0 aromatic heterocycles. The Morgan fingerprint density at radius 3 is 2.64 bits per heavy atom. The van der Waals surface area contributed by atoms with E-state index in [9.17, 15) is 0 Å². The van der Waals surface area contributed by atoms with Crippen LogP contribution in [0.25, 0.3) is 0 Å². The lowest BCUT2D eigenvalue weighted by atomic mass is 9.72. The first-order chi connectivity index (χ1) is 6.63. The van der Waals surface area contributed by atoms with Crippen LogP contribution in [0.15, 0.2) is 12.2 Å². The van der Waals surface area contributed by atoms with Gasteiger partial charge in [0, 0.05) is 0 Å². The normalized spacial score (nSPS) is 32.9. The van der Waals surface area contributed by atoms with E-state index in [1.54, 1.807) is 0 Å². The number of allylic oxidation sites excluding steroid dienone is 1. The van der Waals surface area contributed by atoms with Crippen LogP contribution in [-0.4, -0.2) is 6.54 Å². The summed E-state index contributed by atoms with van der Waals surface area (Å²) < 4.78 is 0. The average molecular weight is 195 g/mol. The van der Waals surface area contributed by atoms with Crippen LogP contribution >= 0.6 is 0 Å². The summed E-state index contributed by atoms with van der Waals surface area (Å²) in [6, 6.07) is 0. The second kappa shape index (κ2) is 5.55. The number of rotatable bonds is 4. The van der Waals surface area contributed by atoms with E-state index in [-0.39, 0.29) is 0 Å². The van der Waals surface area contributed by atoms with Crippen molar-refractivity contribution >= 4 is 0 Å². The topological polar surface area (TPSA) is 26.0 Å².